The molecular weight excluding hydrogens is 256 g/mol. The van der Waals surface area contributed by atoms with Gasteiger partial charge in [0.1, 0.15) is 11.5 Å². The van der Waals surface area contributed by atoms with Crippen LogP contribution in [0.3, 0.4) is 0 Å². The average molecular weight is 280 g/mol. The molecular formula is C15H24N2O3. The molecule has 0 aliphatic carbocycles. The fourth-order valence-electron chi connectivity index (χ4n) is 1.85. The lowest BCUT2D eigenvalue weighted by atomic mass is 10.1. The van der Waals surface area contributed by atoms with Gasteiger partial charge in [0, 0.05) is 18.7 Å². The van der Waals surface area contributed by atoms with E-state index < -0.39 is 0 Å². The van der Waals surface area contributed by atoms with E-state index in [-0.39, 0.29) is 11.9 Å². The van der Waals surface area contributed by atoms with Gasteiger partial charge < -0.3 is 20.5 Å². The topological polar surface area (TPSA) is 73.6 Å². The summed E-state index contributed by atoms with van der Waals surface area (Å²) in [5.41, 5.74) is 6.85. The average Bonchev–Trinajstić information content (AvgIpc) is 2.40. The number of benzene rings is 1. The van der Waals surface area contributed by atoms with E-state index in [9.17, 15) is 4.79 Å². The van der Waals surface area contributed by atoms with Gasteiger partial charge in [0.2, 0.25) is 5.91 Å². The van der Waals surface area contributed by atoms with Gasteiger partial charge in [0.15, 0.2) is 0 Å². The summed E-state index contributed by atoms with van der Waals surface area (Å²) in [5, 5.41) is 2.74. The second-order valence-corrected chi connectivity index (χ2v) is 4.71. The molecule has 5 nitrogen and oxygen atoms in total. The molecule has 0 aliphatic rings. The van der Waals surface area contributed by atoms with Crippen molar-refractivity contribution >= 4 is 5.91 Å². The minimum Gasteiger partial charge on any atom is -0.497 e. The van der Waals surface area contributed by atoms with E-state index in [0.717, 1.165) is 23.5 Å². The van der Waals surface area contributed by atoms with Crippen LogP contribution in [0.1, 0.15) is 25.8 Å². The fraction of sp³-hybridized carbons (Fsp3) is 0.533. The lowest BCUT2D eigenvalue weighted by Gasteiger charge is -2.14. The van der Waals surface area contributed by atoms with E-state index in [4.69, 9.17) is 15.2 Å². The van der Waals surface area contributed by atoms with Gasteiger partial charge in [-0.2, -0.15) is 0 Å². The van der Waals surface area contributed by atoms with Crippen molar-refractivity contribution in [3.8, 4) is 11.5 Å². The Kier molecular flexibility index (Phi) is 6.87. The van der Waals surface area contributed by atoms with Crippen LogP contribution >= 0.6 is 0 Å². The molecule has 5 heteroatoms. The predicted octanol–water partition coefficient (Wildman–Crippen LogP) is 1.49. The maximum atomic E-state index is 11.4. The van der Waals surface area contributed by atoms with Crippen LogP contribution in [0.2, 0.25) is 0 Å². The number of rotatable bonds is 8. The monoisotopic (exact) mass is 280 g/mol. The molecule has 1 aromatic rings. The van der Waals surface area contributed by atoms with Gasteiger partial charge in [-0.25, -0.2) is 0 Å². The first-order valence-electron chi connectivity index (χ1n) is 6.88. The predicted molar refractivity (Wildman–Crippen MR) is 79.1 cm³/mol. The van der Waals surface area contributed by atoms with Crippen LogP contribution in [-0.2, 0) is 11.2 Å². The SMILES string of the molecule is CCNC(=O)CCOc1cc(OC)ccc1CC(C)N. The summed E-state index contributed by atoms with van der Waals surface area (Å²) in [4.78, 5) is 11.4. The van der Waals surface area contributed by atoms with Gasteiger partial charge in [-0.05, 0) is 31.9 Å². The Balaban J connectivity index is 2.67. The highest BCUT2D eigenvalue weighted by Gasteiger charge is 2.09. The van der Waals surface area contributed by atoms with Crippen molar-refractivity contribution in [1.29, 1.82) is 0 Å². The summed E-state index contributed by atoms with van der Waals surface area (Å²) < 4.78 is 10.9. The maximum Gasteiger partial charge on any atom is 0.223 e. The number of hydrogen-bond donors (Lipinski definition) is 2. The smallest absolute Gasteiger partial charge is 0.223 e. The molecule has 20 heavy (non-hydrogen) atoms. The maximum absolute atomic E-state index is 11.4. The van der Waals surface area contributed by atoms with Gasteiger partial charge in [0.25, 0.3) is 0 Å². The number of nitrogens with one attached hydrogen (secondary N) is 1. The van der Waals surface area contributed by atoms with Crippen molar-refractivity contribution in [1.82, 2.24) is 5.32 Å². The van der Waals surface area contributed by atoms with E-state index in [1.807, 2.05) is 32.0 Å². The molecule has 3 N–H and O–H groups in total. The number of methoxy groups -OCH3 is 1. The van der Waals surface area contributed by atoms with Crippen molar-refractivity contribution in [3.05, 3.63) is 23.8 Å². The Morgan fingerprint density at radius 1 is 1.45 bits per heavy atom. The zero-order chi connectivity index (χ0) is 15.0. The molecule has 0 radical (unpaired) electrons. The molecule has 0 aliphatic heterocycles. The van der Waals surface area contributed by atoms with Gasteiger partial charge in [-0.1, -0.05) is 6.07 Å². The van der Waals surface area contributed by atoms with Crippen LogP contribution < -0.4 is 20.5 Å². The van der Waals surface area contributed by atoms with Crippen molar-refractivity contribution < 1.29 is 14.3 Å². The van der Waals surface area contributed by atoms with E-state index in [2.05, 4.69) is 5.32 Å². The summed E-state index contributed by atoms with van der Waals surface area (Å²) in [5.74, 6) is 1.45. The third-order valence-corrected chi connectivity index (χ3v) is 2.78. The molecule has 1 rings (SSSR count). The highest BCUT2D eigenvalue weighted by molar-refractivity contribution is 5.75. The van der Waals surface area contributed by atoms with Crippen LogP contribution in [0.15, 0.2) is 18.2 Å². The van der Waals surface area contributed by atoms with Crippen molar-refractivity contribution in [3.63, 3.8) is 0 Å². The molecule has 1 unspecified atom stereocenters. The Hall–Kier alpha value is -1.75. The molecule has 0 aromatic heterocycles. The Morgan fingerprint density at radius 2 is 2.20 bits per heavy atom. The normalized spacial score (nSPS) is 11.8. The van der Waals surface area contributed by atoms with Crippen molar-refractivity contribution in [2.75, 3.05) is 20.3 Å². The fourth-order valence-corrected chi connectivity index (χ4v) is 1.85. The minimum absolute atomic E-state index is 0.0101. The van der Waals surface area contributed by atoms with Crippen molar-refractivity contribution in [2.45, 2.75) is 32.7 Å². The quantitative estimate of drug-likeness (QED) is 0.756. The van der Waals surface area contributed by atoms with Gasteiger partial charge in [-0.15, -0.1) is 0 Å². The van der Waals surface area contributed by atoms with Crippen LogP contribution in [0, 0.1) is 0 Å². The lowest BCUT2D eigenvalue weighted by molar-refractivity contribution is -0.121. The first-order valence-corrected chi connectivity index (χ1v) is 6.88. The highest BCUT2D eigenvalue weighted by Crippen LogP contribution is 2.26. The first kappa shape index (κ1) is 16.3. The molecule has 0 fully saturated rings. The van der Waals surface area contributed by atoms with E-state index in [1.54, 1.807) is 7.11 Å². The molecule has 0 saturated carbocycles. The van der Waals surface area contributed by atoms with E-state index in [0.29, 0.717) is 19.6 Å². The molecule has 1 amide bonds. The molecule has 0 bridgehead atoms. The zero-order valence-electron chi connectivity index (χ0n) is 12.4. The molecule has 1 atom stereocenters. The second kappa shape index (κ2) is 8.43. The lowest BCUT2D eigenvalue weighted by Crippen LogP contribution is -2.24. The van der Waals surface area contributed by atoms with Crippen LogP contribution in [-0.4, -0.2) is 32.2 Å². The molecule has 1 aromatic carbocycles. The second-order valence-electron chi connectivity index (χ2n) is 4.71. The van der Waals surface area contributed by atoms with Crippen LogP contribution in [0.25, 0.3) is 0 Å². The Bertz CT molecular complexity index is 433. The standard InChI is InChI=1S/C15H24N2O3/c1-4-17-15(18)7-8-20-14-10-13(19-3)6-5-12(14)9-11(2)16/h5-6,10-11H,4,7-9,16H2,1-3H3,(H,17,18). The number of hydrogen-bond acceptors (Lipinski definition) is 4. The molecule has 0 heterocycles. The first-order chi connectivity index (χ1) is 9.56. The Labute approximate surface area is 120 Å². The highest BCUT2D eigenvalue weighted by atomic mass is 16.5. The Morgan fingerprint density at radius 3 is 2.80 bits per heavy atom. The van der Waals surface area contributed by atoms with Crippen LogP contribution in [0.5, 0.6) is 11.5 Å². The number of nitrogens with two attached hydrogens (primary N) is 1. The molecule has 112 valence electrons. The third-order valence-electron chi connectivity index (χ3n) is 2.78. The summed E-state index contributed by atoms with van der Waals surface area (Å²) in [6, 6.07) is 5.71. The summed E-state index contributed by atoms with van der Waals surface area (Å²) in [7, 11) is 1.61. The number of carbonyl (C=O) groups is 1. The summed E-state index contributed by atoms with van der Waals surface area (Å²) >= 11 is 0. The summed E-state index contributed by atoms with van der Waals surface area (Å²) in [6.07, 6.45) is 1.06. The number of carbonyl (C=O) groups excluding carboxylic acids is 1. The molecule has 0 spiro atoms. The van der Waals surface area contributed by atoms with Gasteiger partial charge in [0.05, 0.1) is 20.1 Å². The largest absolute Gasteiger partial charge is 0.497 e. The number of amides is 1. The summed E-state index contributed by atoms with van der Waals surface area (Å²) in [6.45, 7) is 4.81. The third kappa shape index (κ3) is 5.48. The van der Waals surface area contributed by atoms with Crippen LogP contribution in [0.4, 0.5) is 0 Å². The molecule has 0 saturated heterocycles. The van der Waals surface area contributed by atoms with E-state index >= 15 is 0 Å². The number of ether oxygens (including phenoxy) is 2. The minimum atomic E-state index is -0.0101. The zero-order valence-corrected chi connectivity index (χ0v) is 12.4. The van der Waals surface area contributed by atoms with Gasteiger partial charge in [-0.3, -0.25) is 4.79 Å². The van der Waals surface area contributed by atoms with Crippen molar-refractivity contribution in [2.24, 2.45) is 5.73 Å². The van der Waals surface area contributed by atoms with E-state index in [1.165, 1.54) is 0 Å². The van der Waals surface area contributed by atoms with Gasteiger partial charge >= 0.3 is 0 Å².